The number of nitrogens with one attached hydrogen (secondary N) is 1. The monoisotopic (exact) mass is 242 g/mol. The van der Waals surface area contributed by atoms with Gasteiger partial charge in [0, 0.05) is 15.2 Å². The van der Waals surface area contributed by atoms with Crippen LogP contribution in [0.1, 0.15) is 26.3 Å². The zero-order chi connectivity index (χ0) is 11.6. The molecule has 0 saturated heterocycles. The first kappa shape index (κ1) is 12.4. The highest BCUT2D eigenvalue weighted by atomic mass is 35.5. The summed E-state index contributed by atoms with van der Waals surface area (Å²) in [5.74, 6) is 0.00677. The molecule has 82 valence electrons. The minimum atomic E-state index is 0.00677. The first-order valence-corrected chi connectivity index (χ1v) is 5.82. The number of benzene rings is 1. The van der Waals surface area contributed by atoms with Crippen molar-refractivity contribution in [3.05, 3.63) is 28.8 Å². The molecule has 0 aliphatic rings. The van der Waals surface area contributed by atoms with Gasteiger partial charge in [-0.05, 0) is 18.2 Å². The predicted molar refractivity (Wildman–Crippen MR) is 68.1 cm³/mol. The molecule has 0 atom stereocenters. The first-order valence-electron chi connectivity index (χ1n) is 4.62. The molecule has 0 spiro atoms. The average molecular weight is 243 g/mol. The molecule has 0 aromatic heterocycles. The summed E-state index contributed by atoms with van der Waals surface area (Å²) >= 11 is 7.76. The molecule has 1 aromatic rings. The van der Waals surface area contributed by atoms with Crippen molar-refractivity contribution in [2.45, 2.75) is 30.4 Å². The van der Waals surface area contributed by atoms with E-state index in [9.17, 15) is 0 Å². The molecule has 0 fully saturated rings. The SMILES string of the molecule is CC(C)(C)Sc1ccc(C(=N)N)c(Cl)c1. The Bertz CT molecular complexity index is 383. The number of halogens is 1. The number of rotatable bonds is 2. The molecule has 3 N–H and O–H groups in total. The fourth-order valence-electron chi connectivity index (χ4n) is 1.13. The molecule has 0 radical (unpaired) electrons. The molecule has 1 rings (SSSR count). The van der Waals surface area contributed by atoms with Crippen LogP contribution in [-0.4, -0.2) is 10.6 Å². The van der Waals surface area contributed by atoms with Crippen molar-refractivity contribution >= 4 is 29.2 Å². The van der Waals surface area contributed by atoms with Crippen molar-refractivity contribution in [3.63, 3.8) is 0 Å². The third-order valence-corrected chi connectivity index (χ3v) is 3.07. The summed E-state index contributed by atoms with van der Waals surface area (Å²) < 4.78 is 0.154. The second kappa shape index (κ2) is 4.45. The van der Waals surface area contributed by atoms with Gasteiger partial charge in [-0.2, -0.15) is 0 Å². The van der Waals surface area contributed by atoms with Crippen LogP contribution in [0, 0.1) is 5.41 Å². The van der Waals surface area contributed by atoms with E-state index in [0.29, 0.717) is 10.6 Å². The van der Waals surface area contributed by atoms with Gasteiger partial charge in [-0.1, -0.05) is 32.4 Å². The molecular formula is C11H15ClN2S. The maximum absolute atomic E-state index is 7.31. The second-order valence-electron chi connectivity index (χ2n) is 4.27. The van der Waals surface area contributed by atoms with Crippen LogP contribution in [-0.2, 0) is 0 Å². The molecule has 0 aliphatic carbocycles. The Labute approximate surface area is 99.7 Å². The van der Waals surface area contributed by atoms with Gasteiger partial charge in [0.1, 0.15) is 5.84 Å². The van der Waals surface area contributed by atoms with Crippen LogP contribution in [0.15, 0.2) is 23.1 Å². The summed E-state index contributed by atoms with van der Waals surface area (Å²) in [6, 6.07) is 5.59. The van der Waals surface area contributed by atoms with Crippen LogP contribution < -0.4 is 5.73 Å². The number of nitrogens with two attached hydrogens (primary N) is 1. The lowest BCUT2D eigenvalue weighted by atomic mass is 10.2. The molecule has 15 heavy (non-hydrogen) atoms. The van der Waals surface area contributed by atoms with E-state index in [1.807, 2.05) is 12.1 Å². The van der Waals surface area contributed by atoms with Crippen LogP contribution in [0.4, 0.5) is 0 Å². The fraction of sp³-hybridized carbons (Fsp3) is 0.364. The van der Waals surface area contributed by atoms with Crippen LogP contribution in [0.25, 0.3) is 0 Å². The zero-order valence-electron chi connectivity index (χ0n) is 9.10. The third kappa shape index (κ3) is 3.76. The van der Waals surface area contributed by atoms with E-state index < -0.39 is 0 Å². The van der Waals surface area contributed by atoms with Crippen molar-refractivity contribution in [2.75, 3.05) is 0 Å². The zero-order valence-corrected chi connectivity index (χ0v) is 10.7. The maximum atomic E-state index is 7.31. The molecule has 0 aliphatic heterocycles. The summed E-state index contributed by atoms with van der Waals surface area (Å²) in [4.78, 5) is 1.09. The Hall–Kier alpha value is -0.670. The summed E-state index contributed by atoms with van der Waals surface area (Å²) in [5, 5.41) is 7.85. The van der Waals surface area contributed by atoms with Crippen LogP contribution >= 0.6 is 23.4 Å². The third-order valence-electron chi connectivity index (χ3n) is 1.65. The molecule has 0 amide bonds. The molecular weight excluding hydrogens is 228 g/mol. The fourth-order valence-corrected chi connectivity index (χ4v) is 2.50. The standard InChI is InChI=1S/C11H15ClN2S/c1-11(2,3)15-7-4-5-8(10(13)14)9(12)6-7/h4-6H,1-3H3,(H3,13,14). The van der Waals surface area contributed by atoms with Crippen molar-refractivity contribution in [1.82, 2.24) is 0 Å². The Morgan fingerprint density at radius 1 is 1.40 bits per heavy atom. The van der Waals surface area contributed by atoms with Crippen LogP contribution in [0.3, 0.4) is 0 Å². The largest absolute Gasteiger partial charge is 0.384 e. The van der Waals surface area contributed by atoms with Gasteiger partial charge < -0.3 is 5.73 Å². The van der Waals surface area contributed by atoms with E-state index in [4.69, 9.17) is 22.7 Å². The van der Waals surface area contributed by atoms with Gasteiger partial charge in [-0.25, -0.2) is 0 Å². The van der Waals surface area contributed by atoms with E-state index in [0.717, 1.165) is 4.90 Å². The van der Waals surface area contributed by atoms with Gasteiger partial charge in [0.15, 0.2) is 0 Å². The lowest BCUT2D eigenvalue weighted by Gasteiger charge is -2.17. The smallest absolute Gasteiger partial charge is 0.124 e. The Morgan fingerprint density at radius 3 is 2.40 bits per heavy atom. The number of hydrogen-bond donors (Lipinski definition) is 2. The minimum Gasteiger partial charge on any atom is -0.384 e. The maximum Gasteiger partial charge on any atom is 0.124 e. The molecule has 0 heterocycles. The van der Waals surface area contributed by atoms with Crippen molar-refractivity contribution in [3.8, 4) is 0 Å². The lowest BCUT2D eigenvalue weighted by Crippen LogP contribution is -2.12. The number of nitrogen functional groups attached to an aromatic ring is 1. The van der Waals surface area contributed by atoms with E-state index in [1.54, 1.807) is 17.8 Å². The van der Waals surface area contributed by atoms with Crippen LogP contribution in [0.5, 0.6) is 0 Å². The van der Waals surface area contributed by atoms with Crippen molar-refractivity contribution < 1.29 is 0 Å². The number of hydrogen-bond acceptors (Lipinski definition) is 2. The van der Waals surface area contributed by atoms with E-state index >= 15 is 0 Å². The normalized spacial score (nSPS) is 11.5. The first-order chi connectivity index (χ1) is 6.79. The summed E-state index contributed by atoms with van der Waals surface area (Å²) in [6.07, 6.45) is 0. The number of thioether (sulfide) groups is 1. The Morgan fingerprint density at radius 2 is 2.00 bits per heavy atom. The molecule has 1 aromatic carbocycles. The van der Waals surface area contributed by atoms with Gasteiger partial charge in [0.05, 0.1) is 5.02 Å². The highest BCUT2D eigenvalue weighted by Gasteiger charge is 2.13. The van der Waals surface area contributed by atoms with Gasteiger partial charge >= 0.3 is 0 Å². The quantitative estimate of drug-likeness (QED) is 0.474. The summed E-state index contributed by atoms with van der Waals surface area (Å²) in [6.45, 7) is 6.43. The van der Waals surface area contributed by atoms with E-state index in [-0.39, 0.29) is 10.6 Å². The molecule has 4 heteroatoms. The van der Waals surface area contributed by atoms with Crippen LogP contribution in [0.2, 0.25) is 5.02 Å². The van der Waals surface area contributed by atoms with Gasteiger partial charge in [0.25, 0.3) is 0 Å². The second-order valence-corrected chi connectivity index (χ2v) is 6.58. The molecule has 0 unspecified atom stereocenters. The van der Waals surface area contributed by atoms with E-state index in [1.165, 1.54) is 0 Å². The molecule has 2 nitrogen and oxygen atoms in total. The Balaban J connectivity index is 2.97. The average Bonchev–Trinajstić information content (AvgIpc) is 1.99. The minimum absolute atomic E-state index is 0.00677. The highest BCUT2D eigenvalue weighted by molar-refractivity contribution is 8.00. The van der Waals surface area contributed by atoms with Crippen molar-refractivity contribution in [1.29, 1.82) is 5.41 Å². The summed E-state index contributed by atoms with van der Waals surface area (Å²) in [5.41, 5.74) is 5.98. The predicted octanol–water partition coefficient (Wildman–Crippen LogP) is 3.51. The van der Waals surface area contributed by atoms with Gasteiger partial charge in [-0.3, -0.25) is 5.41 Å². The summed E-state index contributed by atoms with van der Waals surface area (Å²) in [7, 11) is 0. The highest BCUT2D eigenvalue weighted by Crippen LogP contribution is 2.33. The molecule has 0 saturated carbocycles. The van der Waals surface area contributed by atoms with Gasteiger partial charge in [0.2, 0.25) is 0 Å². The van der Waals surface area contributed by atoms with E-state index in [2.05, 4.69) is 20.8 Å². The van der Waals surface area contributed by atoms with Crippen molar-refractivity contribution in [2.24, 2.45) is 5.73 Å². The number of amidine groups is 1. The topological polar surface area (TPSA) is 49.9 Å². The molecule has 0 bridgehead atoms. The van der Waals surface area contributed by atoms with Gasteiger partial charge in [-0.15, -0.1) is 11.8 Å². The Kier molecular flexibility index (Phi) is 3.68. The lowest BCUT2D eigenvalue weighted by molar-refractivity contribution is 0.803.